The molecular formula is C22H25N5O3S. The lowest BCUT2D eigenvalue weighted by molar-refractivity contribution is -0.119. The molecule has 0 saturated carbocycles. The SMILES string of the molecule is CCC(C(=O)Nc1ccc(NC(C)=O)cc1)n1nnc2sc3c(c2c1=O)CCC(C)C3. The van der Waals surface area contributed by atoms with Crippen molar-refractivity contribution in [2.75, 3.05) is 10.6 Å². The molecule has 0 saturated heterocycles. The van der Waals surface area contributed by atoms with Gasteiger partial charge in [0.2, 0.25) is 11.8 Å². The Kier molecular flexibility index (Phi) is 5.86. The van der Waals surface area contributed by atoms with Gasteiger partial charge in [-0.1, -0.05) is 19.1 Å². The summed E-state index contributed by atoms with van der Waals surface area (Å²) in [6.07, 6.45) is 3.27. The second-order valence-electron chi connectivity index (χ2n) is 8.04. The molecule has 2 unspecified atom stereocenters. The van der Waals surface area contributed by atoms with Gasteiger partial charge in [0, 0.05) is 23.2 Å². The molecule has 0 spiro atoms. The lowest BCUT2D eigenvalue weighted by Gasteiger charge is -2.18. The van der Waals surface area contributed by atoms with E-state index in [4.69, 9.17) is 0 Å². The van der Waals surface area contributed by atoms with Gasteiger partial charge < -0.3 is 10.6 Å². The Morgan fingerprint density at radius 1 is 1.23 bits per heavy atom. The van der Waals surface area contributed by atoms with Crippen LogP contribution in [0.5, 0.6) is 0 Å². The van der Waals surface area contributed by atoms with E-state index in [9.17, 15) is 14.4 Å². The molecule has 2 heterocycles. The molecule has 0 fully saturated rings. The highest BCUT2D eigenvalue weighted by Gasteiger charge is 2.27. The summed E-state index contributed by atoms with van der Waals surface area (Å²) in [6.45, 7) is 5.49. The number of carbonyl (C=O) groups is 2. The number of hydrogen-bond donors (Lipinski definition) is 2. The van der Waals surface area contributed by atoms with E-state index in [1.54, 1.807) is 35.6 Å². The first-order valence-corrected chi connectivity index (χ1v) is 11.3. The highest BCUT2D eigenvalue weighted by molar-refractivity contribution is 7.18. The van der Waals surface area contributed by atoms with Gasteiger partial charge >= 0.3 is 0 Å². The minimum Gasteiger partial charge on any atom is -0.326 e. The predicted molar refractivity (Wildman–Crippen MR) is 122 cm³/mol. The lowest BCUT2D eigenvalue weighted by atomic mass is 9.89. The molecule has 1 aromatic carbocycles. The van der Waals surface area contributed by atoms with Crippen molar-refractivity contribution in [2.24, 2.45) is 5.92 Å². The van der Waals surface area contributed by atoms with Gasteiger partial charge in [0.15, 0.2) is 4.83 Å². The molecule has 162 valence electrons. The Morgan fingerprint density at radius 2 is 1.90 bits per heavy atom. The topological polar surface area (TPSA) is 106 Å². The van der Waals surface area contributed by atoms with Crippen LogP contribution in [0.3, 0.4) is 0 Å². The molecule has 4 rings (SSSR count). The normalized spacial score (nSPS) is 16.5. The summed E-state index contributed by atoms with van der Waals surface area (Å²) in [4.78, 5) is 39.3. The largest absolute Gasteiger partial charge is 0.326 e. The average Bonchev–Trinajstić information content (AvgIpc) is 3.09. The molecule has 2 amide bonds. The highest BCUT2D eigenvalue weighted by Crippen LogP contribution is 2.35. The quantitative estimate of drug-likeness (QED) is 0.633. The van der Waals surface area contributed by atoms with Crippen LogP contribution in [0.1, 0.15) is 50.1 Å². The molecule has 2 aromatic heterocycles. The number of rotatable bonds is 5. The van der Waals surface area contributed by atoms with Gasteiger partial charge in [-0.05, 0) is 61.4 Å². The van der Waals surface area contributed by atoms with Crippen LogP contribution in [0.4, 0.5) is 11.4 Å². The molecule has 8 nitrogen and oxygen atoms in total. The van der Waals surface area contributed by atoms with Crippen LogP contribution in [0, 0.1) is 5.92 Å². The van der Waals surface area contributed by atoms with Crippen molar-refractivity contribution in [2.45, 2.75) is 52.5 Å². The van der Waals surface area contributed by atoms with E-state index in [1.807, 2.05) is 6.92 Å². The van der Waals surface area contributed by atoms with E-state index in [0.717, 1.165) is 24.8 Å². The minimum absolute atomic E-state index is 0.166. The van der Waals surface area contributed by atoms with Gasteiger partial charge in [0.05, 0.1) is 5.39 Å². The first kappa shape index (κ1) is 21.2. The van der Waals surface area contributed by atoms with Crippen molar-refractivity contribution in [3.63, 3.8) is 0 Å². The molecular weight excluding hydrogens is 414 g/mol. The van der Waals surface area contributed by atoms with Crippen LogP contribution in [0.2, 0.25) is 0 Å². The van der Waals surface area contributed by atoms with Crippen molar-refractivity contribution in [3.05, 3.63) is 45.1 Å². The first-order valence-electron chi connectivity index (χ1n) is 10.5. The van der Waals surface area contributed by atoms with Gasteiger partial charge in [-0.25, -0.2) is 0 Å². The Labute approximate surface area is 183 Å². The fraction of sp³-hybridized carbons (Fsp3) is 0.409. The second kappa shape index (κ2) is 8.58. The van der Waals surface area contributed by atoms with Crippen LogP contribution in [-0.4, -0.2) is 26.8 Å². The zero-order valence-electron chi connectivity index (χ0n) is 17.8. The summed E-state index contributed by atoms with van der Waals surface area (Å²) in [7, 11) is 0. The smallest absolute Gasteiger partial charge is 0.279 e. The van der Waals surface area contributed by atoms with Crippen molar-refractivity contribution in [1.29, 1.82) is 0 Å². The van der Waals surface area contributed by atoms with Crippen LogP contribution in [-0.2, 0) is 22.4 Å². The highest BCUT2D eigenvalue weighted by atomic mass is 32.1. The van der Waals surface area contributed by atoms with E-state index in [0.29, 0.717) is 33.9 Å². The van der Waals surface area contributed by atoms with E-state index in [-0.39, 0.29) is 17.4 Å². The van der Waals surface area contributed by atoms with Gasteiger partial charge in [0.25, 0.3) is 5.56 Å². The molecule has 31 heavy (non-hydrogen) atoms. The Morgan fingerprint density at radius 3 is 2.55 bits per heavy atom. The van der Waals surface area contributed by atoms with Crippen LogP contribution in [0.25, 0.3) is 10.2 Å². The fourth-order valence-corrected chi connectivity index (χ4v) is 5.33. The molecule has 2 N–H and O–H groups in total. The molecule has 0 bridgehead atoms. The van der Waals surface area contributed by atoms with Gasteiger partial charge in [-0.3, -0.25) is 14.4 Å². The number of aromatic nitrogens is 3. The third kappa shape index (κ3) is 4.23. The number of nitrogens with zero attached hydrogens (tertiary/aromatic N) is 3. The number of nitrogens with one attached hydrogen (secondary N) is 2. The number of benzene rings is 1. The Balaban J connectivity index is 1.61. The zero-order valence-corrected chi connectivity index (χ0v) is 18.6. The van der Waals surface area contributed by atoms with Crippen molar-refractivity contribution in [3.8, 4) is 0 Å². The lowest BCUT2D eigenvalue weighted by Crippen LogP contribution is -2.35. The number of aryl methyl sites for hydroxylation is 1. The maximum atomic E-state index is 13.3. The molecule has 9 heteroatoms. The maximum absolute atomic E-state index is 13.3. The zero-order chi connectivity index (χ0) is 22.1. The van der Waals surface area contributed by atoms with Crippen molar-refractivity contribution in [1.82, 2.24) is 15.0 Å². The van der Waals surface area contributed by atoms with Crippen LogP contribution in [0.15, 0.2) is 29.1 Å². The Bertz CT molecular complexity index is 1200. The summed E-state index contributed by atoms with van der Waals surface area (Å²) in [6, 6.07) is 6.04. The number of amides is 2. The summed E-state index contributed by atoms with van der Waals surface area (Å²) in [5.41, 5.74) is 2.04. The molecule has 0 radical (unpaired) electrons. The number of fused-ring (bicyclic) bond motifs is 3. The number of carbonyl (C=O) groups excluding carboxylic acids is 2. The van der Waals surface area contributed by atoms with E-state index >= 15 is 0 Å². The van der Waals surface area contributed by atoms with Gasteiger partial charge in [-0.2, -0.15) is 4.68 Å². The third-order valence-corrected chi connectivity index (χ3v) is 6.74. The summed E-state index contributed by atoms with van der Waals surface area (Å²) in [5.74, 6) is 0.103. The second-order valence-corrected chi connectivity index (χ2v) is 9.13. The van der Waals surface area contributed by atoms with E-state index < -0.39 is 6.04 Å². The van der Waals surface area contributed by atoms with Crippen molar-refractivity contribution < 1.29 is 9.59 Å². The number of anilines is 2. The third-order valence-electron chi connectivity index (χ3n) is 5.60. The van der Waals surface area contributed by atoms with Gasteiger partial charge in [0.1, 0.15) is 6.04 Å². The molecule has 3 aromatic rings. The monoisotopic (exact) mass is 439 g/mol. The molecule has 1 aliphatic rings. The standard InChI is InChI=1S/C22H25N5O3S/c1-4-17(20(29)24-15-8-6-14(7-9-15)23-13(3)28)27-22(30)19-16-10-5-12(2)11-18(16)31-21(19)25-26-27/h6-9,12,17H,4-5,10-11H2,1-3H3,(H,23,28)(H,24,29). The summed E-state index contributed by atoms with van der Waals surface area (Å²) < 4.78 is 1.22. The van der Waals surface area contributed by atoms with Crippen molar-refractivity contribution >= 4 is 44.7 Å². The van der Waals surface area contributed by atoms with Crippen LogP contribution >= 0.6 is 11.3 Å². The molecule has 2 atom stereocenters. The first-order chi connectivity index (χ1) is 14.9. The number of hydrogen-bond acceptors (Lipinski definition) is 6. The summed E-state index contributed by atoms with van der Waals surface area (Å²) in [5, 5.41) is 14.5. The minimum atomic E-state index is -0.766. The molecule has 1 aliphatic carbocycles. The summed E-state index contributed by atoms with van der Waals surface area (Å²) >= 11 is 1.54. The Hall–Kier alpha value is -3.07. The van der Waals surface area contributed by atoms with Crippen LogP contribution < -0.4 is 16.2 Å². The number of thiophene rings is 1. The average molecular weight is 440 g/mol. The fourth-order valence-electron chi connectivity index (χ4n) is 4.01. The van der Waals surface area contributed by atoms with Gasteiger partial charge in [-0.15, -0.1) is 16.4 Å². The van der Waals surface area contributed by atoms with E-state index in [1.165, 1.54) is 16.5 Å². The predicted octanol–water partition coefficient (Wildman–Crippen LogP) is 3.53. The van der Waals surface area contributed by atoms with E-state index in [2.05, 4.69) is 27.9 Å². The maximum Gasteiger partial charge on any atom is 0.279 e. The molecule has 0 aliphatic heterocycles.